The largest absolute Gasteiger partial charge is 0.502 e. The lowest BCUT2D eigenvalue weighted by atomic mass is 10.2. The minimum Gasteiger partial charge on any atom is -0.502 e. The molecule has 2 rings (SSSR count). The fraction of sp³-hybridized carbons (Fsp3) is 0.200. The molecule has 0 radical (unpaired) electrons. The summed E-state index contributed by atoms with van der Waals surface area (Å²) in [6, 6.07) is 4.13. The number of aryl methyl sites for hydroxylation is 2. The molecule has 0 aliphatic carbocycles. The van der Waals surface area contributed by atoms with Crippen LogP contribution >= 0.6 is 23.4 Å². The molecule has 0 bridgehead atoms. The van der Waals surface area contributed by atoms with Crippen LogP contribution in [0.2, 0.25) is 5.02 Å². The molecule has 9 nitrogen and oxygen atoms in total. The molecule has 136 valence electrons. The van der Waals surface area contributed by atoms with E-state index in [0.717, 1.165) is 35.4 Å². The van der Waals surface area contributed by atoms with Crippen molar-refractivity contribution in [2.24, 2.45) is 5.10 Å². The molecular weight excluding hydrogens is 382 g/mol. The van der Waals surface area contributed by atoms with Crippen LogP contribution in [0.3, 0.4) is 0 Å². The maximum Gasteiger partial charge on any atom is 0.312 e. The number of nitro benzene ring substituents is 1. The first-order valence-corrected chi connectivity index (χ1v) is 8.56. The summed E-state index contributed by atoms with van der Waals surface area (Å²) < 4.78 is 0. The first-order chi connectivity index (χ1) is 12.3. The number of thioether (sulfide) groups is 1. The molecule has 26 heavy (non-hydrogen) atoms. The van der Waals surface area contributed by atoms with E-state index in [4.69, 9.17) is 11.6 Å². The smallest absolute Gasteiger partial charge is 0.312 e. The molecule has 1 amide bonds. The number of aromatic nitrogens is 2. The number of nitrogens with one attached hydrogen (secondary N) is 1. The normalized spacial score (nSPS) is 10.9. The number of phenolic OH excluding ortho intramolecular Hbond substituents is 1. The van der Waals surface area contributed by atoms with Crippen LogP contribution < -0.4 is 5.43 Å². The van der Waals surface area contributed by atoms with E-state index in [1.165, 1.54) is 6.07 Å². The van der Waals surface area contributed by atoms with Crippen molar-refractivity contribution in [1.29, 1.82) is 0 Å². The van der Waals surface area contributed by atoms with Gasteiger partial charge in [0.1, 0.15) is 0 Å². The second-order valence-electron chi connectivity index (χ2n) is 5.13. The quantitative estimate of drug-likeness (QED) is 0.252. The van der Waals surface area contributed by atoms with E-state index in [1.54, 1.807) is 0 Å². The van der Waals surface area contributed by atoms with Gasteiger partial charge in [-0.1, -0.05) is 23.4 Å². The van der Waals surface area contributed by atoms with Crippen molar-refractivity contribution in [3.05, 3.63) is 50.3 Å². The van der Waals surface area contributed by atoms with Crippen molar-refractivity contribution in [3.8, 4) is 5.75 Å². The molecule has 0 fully saturated rings. The Bertz CT molecular complexity index is 870. The number of benzene rings is 1. The number of carbonyl (C=O) groups is 1. The zero-order valence-corrected chi connectivity index (χ0v) is 15.3. The Morgan fingerprint density at radius 1 is 1.38 bits per heavy atom. The highest BCUT2D eigenvalue weighted by atomic mass is 35.5. The van der Waals surface area contributed by atoms with Gasteiger partial charge in [-0.15, -0.1) is 0 Å². The predicted molar refractivity (Wildman–Crippen MR) is 97.7 cm³/mol. The van der Waals surface area contributed by atoms with Crippen molar-refractivity contribution in [2.45, 2.75) is 19.0 Å². The van der Waals surface area contributed by atoms with Gasteiger partial charge in [0.2, 0.25) is 5.75 Å². The highest BCUT2D eigenvalue weighted by molar-refractivity contribution is 7.99. The number of carbonyl (C=O) groups excluding carboxylic acids is 1. The lowest BCUT2D eigenvalue weighted by Gasteiger charge is -2.03. The Labute approximate surface area is 157 Å². The third-order valence-electron chi connectivity index (χ3n) is 2.97. The predicted octanol–water partition coefficient (Wildman–Crippen LogP) is 2.60. The van der Waals surface area contributed by atoms with E-state index in [-0.39, 0.29) is 16.3 Å². The summed E-state index contributed by atoms with van der Waals surface area (Å²) in [5.41, 5.74) is 3.32. The van der Waals surface area contributed by atoms with Crippen molar-refractivity contribution < 1.29 is 14.8 Å². The first kappa shape index (κ1) is 19.6. The standard InChI is InChI=1S/C15H14ClN5O4S/c1-8-3-9(2)19-15(18-8)26-7-13(22)20-17-6-10-4-11(16)5-12(14(10)23)21(24)25/h3-6,23H,7H2,1-2H3,(H,20,22)/b17-6-. The van der Waals surface area contributed by atoms with Crippen molar-refractivity contribution in [1.82, 2.24) is 15.4 Å². The molecule has 2 aromatic rings. The molecule has 1 aromatic carbocycles. The van der Waals surface area contributed by atoms with Crippen LogP contribution in [0, 0.1) is 24.0 Å². The number of hydrogen-bond acceptors (Lipinski definition) is 8. The van der Waals surface area contributed by atoms with Gasteiger partial charge in [-0.3, -0.25) is 14.9 Å². The molecule has 0 saturated heterocycles. The summed E-state index contributed by atoms with van der Waals surface area (Å²) in [5.74, 6) is -0.984. The maximum absolute atomic E-state index is 11.8. The van der Waals surface area contributed by atoms with Crippen molar-refractivity contribution in [2.75, 3.05) is 5.75 Å². The van der Waals surface area contributed by atoms with Crippen LogP contribution in [0.15, 0.2) is 28.5 Å². The Morgan fingerprint density at radius 2 is 2.04 bits per heavy atom. The zero-order valence-electron chi connectivity index (χ0n) is 13.8. The van der Waals surface area contributed by atoms with Crippen molar-refractivity contribution in [3.63, 3.8) is 0 Å². The van der Waals surface area contributed by atoms with Crippen LogP contribution in [0.5, 0.6) is 5.75 Å². The number of hydrogen-bond donors (Lipinski definition) is 2. The van der Waals surface area contributed by atoms with E-state index < -0.39 is 22.3 Å². The number of amides is 1. The first-order valence-electron chi connectivity index (χ1n) is 7.20. The fourth-order valence-electron chi connectivity index (χ4n) is 1.94. The van der Waals surface area contributed by atoms with Crippen LogP contribution in [0.1, 0.15) is 17.0 Å². The van der Waals surface area contributed by atoms with Gasteiger partial charge in [0.15, 0.2) is 5.16 Å². The van der Waals surface area contributed by atoms with E-state index in [1.807, 2.05) is 19.9 Å². The van der Waals surface area contributed by atoms with Crippen LogP contribution in [0.25, 0.3) is 0 Å². The summed E-state index contributed by atoms with van der Waals surface area (Å²) in [5, 5.41) is 24.9. The molecule has 0 spiro atoms. The van der Waals surface area contributed by atoms with Crippen LogP contribution in [-0.4, -0.2) is 37.9 Å². The Morgan fingerprint density at radius 3 is 2.65 bits per heavy atom. The van der Waals surface area contributed by atoms with Gasteiger partial charge < -0.3 is 5.11 Å². The van der Waals surface area contributed by atoms with Crippen molar-refractivity contribution >= 4 is 41.2 Å². The highest BCUT2D eigenvalue weighted by Crippen LogP contribution is 2.32. The van der Waals surface area contributed by atoms with E-state index in [2.05, 4.69) is 20.5 Å². The number of phenols is 1. The second-order valence-corrected chi connectivity index (χ2v) is 6.51. The highest BCUT2D eigenvalue weighted by Gasteiger charge is 2.17. The Hall–Kier alpha value is -2.72. The van der Waals surface area contributed by atoms with E-state index in [9.17, 15) is 20.0 Å². The van der Waals surface area contributed by atoms with Gasteiger partial charge in [0, 0.05) is 28.0 Å². The Balaban J connectivity index is 1.98. The number of halogens is 1. The molecular formula is C15H14ClN5O4S. The van der Waals surface area contributed by atoms with E-state index >= 15 is 0 Å². The van der Waals surface area contributed by atoms with Crippen LogP contribution in [-0.2, 0) is 4.79 Å². The van der Waals surface area contributed by atoms with Gasteiger partial charge in [-0.25, -0.2) is 15.4 Å². The summed E-state index contributed by atoms with van der Waals surface area (Å²) in [6.45, 7) is 3.67. The molecule has 0 unspecified atom stereocenters. The van der Waals surface area contributed by atoms with Gasteiger partial charge in [0.05, 0.1) is 16.9 Å². The molecule has 1 heterocycles. The van der Waals surface area contributed by atoms with Crippen LogP contribution in [0.4, 0.5) is 5.69 Å². The molecule has 0 atom stereocenters. The summed E-state index contributed by atoms with van der Waals surface area (Å²) in [7, 11) is 0. The molecule has 0 aliphatic rings. The lowest BCUT2D eigenvalue weighted by molar-refractivity contribution is -0.385. The summed E-state index contributed by atoms with van der Waals surface area (Å²) in [4.78, 5) is 30.3. The SMILES string of the molecule is Cc1cc(C)nc(SCC(=O)N/N=C\c2cc(Cl)cc([N+](=O)[O-])c2O)n1. The molecule has 11 heteroatoms. The maximum atomic E-state index is 11.8. The number of nitrogens with zero attached hydrogens (tertiary/aromatic N) is 4. The van der Waals surface area contributed by atoms with Gasteiger partial charge >= 0.3 is 5.69 Å². The molecule has 0 aliphatic heterocycles. The van der Waals surface area contributed by atoms with E-state index in [0.29, 0.717) is 5.16 Å². The fourth-order valence-corrected chi connectivity index (χ4v) is 2.90. The molecule has 2 N–H and O–H groups in total. The van der Waals surface area contributed by atoms with Gasteiger partial charge in [0.25, 0.3) is 5.91 Å². The van der Waals surface area contributed by atoms with Gasteiger partial charge in [-0.05, 0) is 26.0 Å². The number of hydrazone groups is 1. The van der Waals surface area contributed by atoms with Gasteiger partial charge in [-0.2, -0.15) is 5.10 Å². The topological polar surface area (TPSA) is 131 Å². The third kappa shape index (κ3) is 5.39. The summed E-state index contributed by atoms with van der Waals surface area (Å²) >= 11 is 6.92. The average Bonchev–Trinajstić information content (AvgIpc) is 2.54. The third-order valence-corrected chi connectivity index (χ3v) is 4.03. The number of aromatic hydroxyl groups is 1. The molecule has 0 saturated carbocycles. The zero-order chi connectivity index (χ0) is 19.3. The number of rotatable bonds is 6. The summed E-state index contributed by atoms with van der Waals surface area (Å²) in [6.07, 6.45) is 1.07. The lowest BCUT2D eigenvalue weighted by Crippen LogP contribution is -2.19. The molecule has 1 aromatic heterocycles. The Kier molecular flexibility index (Phi) is 6.47. The average molecular weight is 396 g/mol. The minimum absolute atomic E-state index is 0.00907. The number of nitro groups is 1. The minimum atomic E-state index is -0.766. The second kappa shape index (κ2) is 8.59. The monoisotopic (exact) mass is 395 g/mol.